The molecule has 0 saturated heterocycles. The van der Waals surface area contributed by atoms with Crippen LogP contribution in [0.4, 0.5) is 5.69 Å². The van der Waals surface area contributed by atoms with Crippen molar-refractivity contribution in [1.82, 2.24) is 5.32 Å². The maximum atomic E-state index is 13.7. The summed E-state index contributed by atoms with van der Waals surface area (Å²) in [6.07, 6.45) is 1.10. The average Bonchev–Trinajstić information content (AvgIpc) is 2.91. The maximum Gasteiger partial charge on any atom is 0.264 e. The lowest BCUT2D eigenvalue weighted by atomic mass is 9.86. The minimum atomic E-state index is -3.92. The van der Waals surface area contributed by atoms with Crippen molar-refractivity contribution in [3.05, 3.63) is 83.9 Å². The first-order chi connectivity index (χ1) is 18.1. The Morgan fingerprint density at radius 3 is 2.42 bits per heavy atom. The number of carbonyl (C=O) groups excluding carboxylic acids is 1. The number of ether oxygens (including phenoxy) is 2. The molecule has 7 nitrogen and oxygen atoms in total. The quantitative estimate of drug-likeness (QED) is 0.385. The van der Waals surface area contributed by atoms with Gasteiger partial charge in [0.15, 0.2) is 6.10 Å². The number of anilines is 1. The standard InChI is InChI=1S/C30H36N2O5S/c1-5-9-22-12-15-24(16-13-22)36-19-18-31-29(33)28-21-32(38(34,35)25-10-7-6-8-11-25)26-20-23(30(2,3)4)14-17-27(26)37-28/h6-8,10-17,20,28H,5,9,18-19,21H2,1-4H3,(H,31,33)/t28-/m1/s1. The van der Waals surface area contributed by atoms with Crippen molar-refractivity contribution in [2.45, 2.75) is 57.0 Å². The second kappa shape index (κ2) is 11.5. The first kappa shape index (κ1) is 27.5. The Morgan fingerprint density at radius 2 is 1.76 bits per heavy atom. The number of hydrogen-bond acceptors (Lipinski definition) is 5. The van der Waals surface area contributed by atoms with Gasteiger partial charge in [-0.3, -0.25) is 9.10 Å². The Kier molecular flexibility index (Phi) is 8.31. The number of carbonyl (C=O) groups is 1. The summed E-state index contributed by atoms with van der Waals surface area (Å²) >= 11 is 0. The van der Waals surface area contributed by atoms with Gasteiger partial charge in [0.1, 0.15) is 18.1 Å². The normalized spacial score (nSPS) is 15.4. The van der Waals surface area contributed by atoms with E-state index >= 15 is 0 Å². The molecule has 0 aromatic heterocycles. The van der Waals surface area contributed by atoms with Crippen molar-refractivity contribution < 1.29 is 22.7 Å². The minimum Gasteiger partial charge on any atom is -0.492 e. The summed E-state index contributed by atoms with van der Waals surface area (Å²) in [5.74, 6) is 0.690. The van der Waals surface area contributed by atoms with Crippen LogP contribution in [0, 0.1) is 0 Å². The highest BCUT2D eigenvalue weighted by molar-refractivity contribution is 7.92. The zero-order valence-corrected chi connectivity index (χ0v) is 23.3. The lowest BCUT2D eigenvalue weighted by Crippen LogP contribution is -2.51. The van der Waals surface area contributed by atoms with E-state index in [2.05, 4.69) is 33.0 Å². The molecule has 202 valence electrons. The van der Waals surface area contributed by atoms with Gasteiger partial charge in [-0.2, -0.15) is 0 Å². The zero-order valence-electron chi connectivity index (χ0n) is 22.4. The molecule has 8 heteroatoms. The molecule has 1 atom stereocenters. The number of aryl methyl sites for hydroxylation is 1. The van der Waals surface area contributed by atoms with E-state index in [4.69, 9.17) is 9.47 Å². The fraction of sp³-hybridized carbons (Fsp3) is 0.367. The summed E-state index contributed by atoms with van der Waals surface area (Å²) in [5, 5.41) is 2.82. The summed E-state index contributed by atoms with van der Waals surface area (Å²) in [7, 11) is -3.92. The van der Waals surface area contributed by atoms with Crippen LogP contribution >= 0.6 is 0 Å². The number of rotatable bonds is 9. The van der Waals surface area contributed by atoms with E-state index in [0.29, 0.717) is 11.4 Å². The van der Waals surface area contributed by atoms with Crippen LogP contribution in [0.1, 0.15) is 45.2 Å². The number of hydrogen-bond donors (Lipinski definition) is 1. The smallest absolute Gasteiger partial charge is 0.264 e. The Labute approximate surface area is 225 Å². The summed E-state index contributed by atoms with van der Waals surface area (Å²) in [6, 6.07) is 21.7. The first-order valence-corrected chi connectivity index (χ1v) is 14.4. The second-order valence-electron chi connectivity index (χ2n) is 10.4. The average molecular weight is 537 g/mol. The van der Waals surface area contributed by atoms with Gasteiger partial charge in [-0.1, -0.05) is 70.5 Å². The molecule has 1 aliphatic rings. The molecule has 3 aromatic rings. The van der Waals surface area contributed by atoms with Gasteiger partial charge in [0, 0.05) is 0 Å². The molecule has 1 N–H and O–H groups in total. The molecule has 0 bridgehead atoms. The lowest BCUT2D eigenvalue weighted by molar-refractivity contribution is -0.127. The number of sulfonamides is 1. The van der Waals surface area contributed by atoms with Crippen molar-refractivity contribution in [2.24, 2.45) is 0 Å². The number of amides is 1. The van der Waals surface area contributed by atoms with Crippen LogP contribution in [-0.2, 0) is 26.7 Å². The van der Waals surface area contributed by atoms with Crippen LogP contribution in [-0.4, -0.2) is 40.1 Å². The molecule has 0 radical (unpaired) electrons. The van der Waals surface area contributed by atoms with Crippen molar-refractivity contribution in [3.8, 4) is 11.5 Å². The van der Waals surface area contributed by atoms with E-state index in [-0.39, 0.29) is 30.0 Å². The fourth-order valence-electron chi connectivity index (χ4n) is 4.30. The SMILES string of the molecule is CCCc1ccc(OCCNC(=O)[C@H]2CN(S(=O)(=O)c3ccccc3)c3cc(C(C)(C)C)ccc3O2)cc1. The Bertz CT molecular complexity index is 1350. The van der Waals surface area contributed by atoms with Gasteiger partial charge in [0.25, 0.3) is 15.9 Å². The third-order valence-corrected chi connectivity index (χ3v) is 8.24. The van der Waals surface area contributed by atoms with Crippen LogP contribution < -0.4 is 19.1 Å². The summed E-state index contributed by atoms with van der Waals surface area (Å²) < 4.78 is 40.4. The molecular weight excluding hydrogens is 500 g/mol. The molecule has 1 amide bonds. The fourth-order valence-corrected chi connectivity index (χ4v) is 5.79. The number of nitrogens with zero attached hydrogens (tertiary/aromatic N) is 1. The molecule has 4 rings (SSSR count). The van der Waals surface area contributed by atoms with Gasteiger partial charge in [-0.15, -0.1) is 0 Å². The zero-order chi connectivity index (χ0) is 27.3. The molecule has 0 spiro atoms. The van der Waals surface area contributed by atoms with E-state index in [1.165, 1.54) is 9.87 Å². The van der Waals surface area contributed by atoms with Crippen molar-refractivity contribution in [1.29, 1.82) is 0 Å². The number of fused-ring (bicyclic) bond motifs is 1. The molecule has 38 heavy (non-hydrogen) atoms. The van der Waals surface area contributed by atoms with Gasteiger partial charge < -0.3 is 14.8 Å². The summed E-state index contributed by atoms with van der Waals surface area (Å²) in [5.41, 5.74) is 2.46. The van der Waals surface area contributed by atoms with Gasteiger partial charge >= 0.3 is 0 Å². The van der Waals surface area contributed by atoms with Crippen molar-refractivity contribution in [2.75, 3.05) is 24.0 Å². The largest absolute Gasteiger partial charge is 0.492 e. The third kappa shape index (κ3) is 6.30. The first-order valence-electron chi connectivity index (χ1n) is 13.0. The predicted molar refractivity (Wildman–Crippen MR) is 149 cm³/mol. The third-order valence-electron chi connectivity index (χ3n) is 6.45. The van der Waals surface area contributed by atoms with Crippen molar-refractivity contribution >= 4 is 21.6 Å². The van der Waals surface area contributed by atoms with E-state index in [1.54, 1.807) is 36.4 Å². The molecule has 0 saturated carbocycles. The van der Waals surface area contributed by atoms with E-state index < -0.39 is 22.0 Å². The highest BCUT2D eigenvalue weighted by Crippen LogP contribution is 2.40. The van der Waals surface area contributed by atoms with Crippen LogP contribution in [0.25, 0.3) is 0 Å². The van der Waals surface area contributed by atoms with E-state index in [1.807, 2.05) is 36.4 Å². The summed E-state index contributed by atoms with van der Waals surface area (Å²) in [4.78, 5) is 13.2. The molecule has 0 unspecified atom stereocenters. The Balaban J connectivity index is 1.48. The molecule has 0 fully saturated rings. The van der Waals surface area contributed by atoms with Crippen molar-refractivity contribution in [3.63, 3.8) is 0 Å². The van der Waals surface area contributed by atoms with Gasteiger partial charge in [-0.25, -0.2) is 8.42 Å². The van der Waals surface area contributed by atoms with Gasteiger partial charge in [-0.05, 0) is 59.4 Å². The predicted octanol–water partition coefficient (Wildman–Crippen LogP) is 5.09. The van der Waals surface area contributed by atoms with Gasteiger partial charge in [0.2, 0.25) is 0 Å². The monoisotopic (exact) mass is 536 g/mol. The van der Waals surface area contributed by atoms with Crippen LogP contribution in [0.15, 0.2) is 77.7 Å². The Hall–Kier alpha value is -3.52. The Morgan fingerprint density at radius 1 is 1.05 bits per heavy atom. The molecule has 0 aliphatic carbocycles. The second-order valence-corrected chi connectivity index (χ2v) is 12.3. The lowest BCUT2D eigenvalue weighted by Gasteiger charge is -2.36. The van der Waals surface area contributed by atoms with Gasteiger partial charge in [0.05, 0.1) is 23.7 Å². The van der Waals surface area contributed by atoms with Crippen LogP contribution in [0.5, 0.6) is 11.5 Å². The molecule has 1 aliphatic heterocycles. The van der Waals surface area contributed by atoms with E-state index in [9.17, 15) is 13.2 Å². The molecule has 1 heterocycles. The van der Waals surface area contributed by atoms with Crippen LogP contribution in [0.3, 0.4) is 0 Å². The van der Waals surface area contributed by atoms with E-state index in [0.717, 1.165) is 24.2 Å². The maximum absolute atomic E-state index is 13.7. The highest BCUT2D eigenvalue weighted by atomic mass is 32.2. The number of benzene rings is 3. The highest BCUT2D eigenvalue weighted by Gasteiger charge is 2.38. The number of nitrogens with one attached hydrogen (secondary N) is 1. The molecular formula is C30H36N2O5S. The van der Waals surface area contributed by atoms with Crippen LogP contribution in [0.2, 0.25) is 0 Å². The molecule has 3 aromatic carbocycles. The topological polar surface area (TPSA) is 84.9 Å². The minimum absolute atomic E-state index is 0.136. The summed E-state index contributed by atoms with van der Waals surface area (Å²) in [6.45, 7) is 8.73.